The summed E-state index contributed by atoms with van der Waals surface area (Å²) >= 11 is 3.60. The molecule has 0 aliphatic heterocycles. The third-order valence-corrected chi connectivity index (χ3v) is 4.21. The number of halogens is 1. The van der Waals surface area contributed by atoms with Crippen LogP contribution in [0.2, 0.25) is 0 Å². The van der Waals surface area contributed by atoms with E-state index in [1.54, 1.807) is 0 Å². The van der Waals surface area contributed by atoms with Crippen LogP contribution in [0.5, 0.6) is 0 Å². The third-order valence-electron chi connectivity index (χ3n) is 3.35. The molecule has 2 aromatic rings. The van der Waals surface area contributed by atoms with Crippen LogP contribution in [0.3, 0.4) is 0 Å². The Morgan fingerprint density at radius 3 is 2.89 bits per heavy atom. The average molecular weight is 322 g/mol. The molecule has 1 aromatic carbocycles. The maximum Gasteiger partial charge on any atom is 0.0608 e. The van der Waals surface area contributed by atoms with Crippen LogP contribution in [-0.2, 0) is 6.54 Å². The van der Waals surface area contributed by atoms with Crippen LogP contribution in [0, 0.1) is 6.92 Å². The molecule has 1 atom stereocenters. The summed E-state index contributed by atoms with van der Waals surface area (Å²) in [6, 6.07) is 6.50. The minimum Gasteiger partial charge on any atom is -0.309 e. The molecule has 0 saturated heterocycles. The van der Waals surface area contributed by atoms with Crippen molar-refractivity contribution in [1.82, 2.24) is 15.1 Å². The molecular formula is C15H20BrN3. The number of rotatable bonds is 5. The van der Waals surface area contributed by atoms with E-state index >= 15 is 0 Å². The molecule has 1 aromatic heterocycles. The van der Waals surface area contributed by atoms with E-state index in [0.717, 1.165) is 17.4 Å². The van der Waals surface area contributed by atoms with Gasteiger partial charge in [-0.2, -0.15) is 5.10 Å². The van der Waals surface area contributed by atoms with Gasteiger partial charge in [0.05, 0.1) is 12.2 Å². The van der Waals surface area contributed by atoms with Crippen LogP contribution in [-0.4, -0.2) is 16.8 Å². The van der Waals surface area contributed by atoms with Crippen molar-refractivity contribution in [3.8, 4) is 0 Å². The molecule has 19 heavy (non-hydrogen) atoms. The maximum absolute atomic E-state index is 4.42. The summed E-state index contributed by atoms with van der Waals surface area (Å²) in [4.78, 5) is 0. The maximum atomic E-state index is 4.42. The first-order valence-electron chi connectivity index (χ1n) is 6.62. The van der Waals surface area contributed by atoms with E-state index < -0.39 is 0 Å². The Morgan fingerprint density at radius 1 is 1.42 bits per heavy atom. The zero-order valence-electron chi connectivity index (χ0n) is 11.7. The molecule has 4 heteroatoms. The Hall–Kier alpha value is -1.13. The lowest BCUT2D eigenvalue weighted by Crippen LogP contribution is -2.18. The molecular weight excluding hydrogens is 302 g/mol. The molecule has 2 rings (SSSR count). The van der Waals surface area contributed by atoms with Crippen LogP contribution in [0.1, 0.15) is 36.1 Å². The van der Waals surface area contributed by atoms with E-state index in [1.165, 1.54) is 16.7 Å². The Morgan fingerprint density at radius 2 is 2.21 bits per heavy atom. The normalized spacial score (nSPS) is 12.6. The smallest absolute Gasteiger partial charge is 0.0608 e. The van der Waals surface area contributed by atoms with Crippen LogP contribution in [0.25, 0.3) is 0 Å². The van der Waals surface area contributed by atoms with Crippen LogP contribution in [0.4, 0.5) is 0 Å². The van der Waals surface area contributed by atoms with Crippen molar-refractivity contribution < 1.29 is 0 Å². The molecule has 1 unspecified atom stereocenters. The Balaban J connectivity index is 2.35. The summed E-state index contributed by atoms with van der Waals surface area (Å²) in [5.41, 5.74) is 3.76. The predicted octanol–water partition coefficient (Wildman–Crippen LogP) is 3.67. The molecule has 0 saturated carbocycles. The highest BCUT2D eigenvalue weighted by Gasteiger charge is 2.16. The average Bonchev–Trinajstić information content (AvgIpc) is 2.84. The largest absolute Gasteiger partial charge is 0.309 e. The third kappa shape index (κ3) is 3.07. The van der Waals surface area contributed by atoms with Gasteiger partial charge in [0, 0.05) is 22.8 Å². The second kappa shape index (κ2) is 6.35. The molecule has 1 N–H and O–H groups in total. The van der Waals surface area contributed by atoms with Crippen molar-refractivity contribution in [1.29, 1.82) is 0 Å². The number of hydrogen-bond acceptors (Lipinski definition) is 2. The number of nitrogens with zero attached hydrogens (tertiary/aromatic N) is 2. The lowest BCUT2D eigenvalue weighted by Gasteiger charge is -2.18. The van der Waals surface area contributed by atoms with Crippen LogP contribution >= 0.6 is 15.9 Å². The number of hydrogen-bond donors (Lipinski definition) is 1. The molecule has 0 aliphatic rings. The fraction of sp³-hybridized carbons (Fsp3) is 0.400. The fourth-order valence-electron chi connectivity index (χ4n) is 2.32. The van der Waals surface area contributed by atoms with Gasteiger partial charge in [-0.05, 0) is 37.6 Å². The summed E-state index contributed by atoms with van der Waals surface area (Å²) in [5.74, 6) is 0. The summed E-state index contributed by atoms with van der Waals surface area (Å²) < 4.78 is 3.15. The van der Waals surface area contributed by atoms with Gasteiger partial charge in [0.15, 0.2) is 0 Å². The van der Waals surface area contributed by atoms with Gasteiger partial charge in [-0.25, -0.2) is 0 Å². The standard InChI is InChI=1S/C15H20BrN3/c1-4-8-19-10-12(9-18-19)15(17-3)13-6-5-7-14(16)11(13)2/h5-7,9-10,15,17H,4,8H2,1-3H3. The second-order valence-electron chi connectivity index (χ2n) is 4.71. The molecule has 0 spiro atoms. The number of aryl methyl sites for hydroxylation is 1. The van der Waals surface area contributed by atoms with E-state index in [9.17, 15) is 0 Å². The van der Waals surface area contributed by atoms with Gasteiger partial charge in [0.1, 0.15) is 0 Å². The van der Waals surface area contributed by atoms with Gasteiger partial charge in [0.2, 0.25) is 0 Å². The van der Waals surface area contributed by atoms with E-state index in [1.807, 2.05) is 17.9 Å². The predicted molar refractivity (Wildman–Crippen MR) is 82.3 cm³/mol. The topological polar surface area (TPSA) is 29.9 Å². The van der Waals surface area contributed by atoms with Crippen molar-refractivity contribution in [3.05, 3.63) is 51.8 Å². The summed E-state index contributed by atoms with van der Waals surface area (Å²) in [5, 5.41) is 7.80. The van der Waals surface area contributed by atoms with Crippen LogP contribution in [0.15, 0.2) is 35.1 Å². The first kappa shape index (κ1) is 14.3. The monoisotopic (exact) mass is 321 g/mol. The number of benzene rings is 1. The van der Waals surface area contributed by atoms with E-state index in [-0.39, 0.29) is 6.04 Å². The molecule has 0 radical (unpaired) electrons. The van der Waals surface area contributed by atoms with Crippen molar-refractivity contribution in [2.75, 3.05) is 7.05 Å². The highest BCUT2D eigenvalue weighted by atomic mass is 79.9. The molecule has 102 valence electrons. The Kier molecular flexibility index (Phi) is 4.77. The Bertz CT molecular complexity index is 548. The SMILES string of the molecule is CCCn1cc(C(NC)c2cccc(Br)c2C)cn1. The van der Waals surface area contributed by atoms with Gasteiger partial charge in [-0.3, -0.25) is 4.68 Å². The summed E-state index contributed by atoms with van der Waals surface area (Å²) in [6.07, 6.45) is 5.18. The zero-order valence-corrected chi connectivity index (χ0v) is 13.2. The molecule has 0 aliphatic carbocycles. The van der Waals surface area contributed by atoms with E-state index in [4.69, 9.17) is 0 Å². The van der Waals surface area contributed by atoms with Gasteiger partial charge >= 0.3 is 0 Å². The summed E-state index contributed by atoms with van der Waals surface area (Å²) in [6.45, 7) is 5.27. The molecule has 0 fully saturated rings. The first-order valence-corrected chi connectivity index (χ1v) is 7.41. The molecule has 3 nitrogen and oxygen atoms in total. The number of aromatic nitrogens is 2. The minimum absolute atomic E-state index is 0.183. The van der Waals surface area contributed by atoms with Crippen LogP contribution < -0.4 is 5.32 Å². The lowest BCUT2D eigenvalue weighted by molar-refractivity contribution is 0.600. The van der Waals surface area contributed by atoms with Gasteiger partial charge in [-0.15, -0.1) is 0 Å². The fourth-order valence-corrected chi connectivity index (χ4v) is 2.70. The Labute approximate surface area is 123 Å². The van der Waals surface area contributed by atoms with Gasteiger partial charge in [-0.1, -0.05) is 35.0 Å². The van der Waals surface area contributed by atoms with Crippen molar-refractivity contribution in [2.24, 2.45) is 0 Å². The van der Waals surface area contributed by atoms with Gasteiger partial charge < -0.3 is 5.32 Å². The quantitative estimate of drug-likeness (QED) is 0.910. The summed E-state index contributed by atoms with van der Waals surface area (Å²) in [7, 11) is 1.99. The van der Waals surface area contributed by atoms with Crippen molar-refractivity contribution >= 4 is 15.9 Å². The zero-order chi connectivity index (χ0) is 13.8. The minimum atomic E-state index is 0.183. The molecule has 0 bridgehead atoms. The second-order valence-corrected chi connectivity index (χ2v) is 5.57. The van der Waals surface area contributed by atoms with E-state index in [2.05, 4.69) is 64.6 Å². The molecule has 0 amide bonds. The first-order chi connectivity index (χ1) is 9.17. The highest BCUT2D eigenvalue weighted by Crippen LogP contribution is 2.28. The van der Waals surface area contributed by atoms with Crippen molar-refractivity contribution in [2.45, 2.75) is 32.9 Å². The van der Waals surface area contributed by atoms with E-state index in [0.29, 0.717) is 0 Å². The van der Waals surface area contributed by atoms with Gasteiger partial charge in [0.25, 0.3) is 0 Å². The highest BCUT2D eigenvalue weighted by molar-refractivity contribution is 9.10. The molecule has 1 heterocycles. The lowest BCUT2D eigenvalue weighted by atomic mass is 9.97. The number of nitrogens with one attached hydrogen (secondary N) is 1. The van der Waals surface area contributed by atoms with Crippen molar-refractivity contribution in [3.63, 3.8) is 0 Å².